The minimum absolute atomic E-state index is 0.219. The molecule has 7 heteroatoms. The summed E-state index contributed by atoms with van der Waals surface area (Å²) in [5.41, 5.74) is 5.58. The van der Waals surface area contributed by atoms with E-state index in [0.717, 1.165) is 36.2 Å². The van der Waals surface area contributed by atoms with E-state index in [-0.39, 0.29) is 6.04 Å². The zero-order valence-electron chi connectivity index (χ0n) is 15.3. The average Bonchev–Trinajstić information content (AvgIpc) is 3.01. The Bertz CT molecular complexity index is 873. The highest BCUT2D eigenvalue weighted by atomic mass is 32.2. The van der Waals surface area contributed by atoms with Crippen LogP contribution in [0.4, 0.5) is 0 Å². The lowest BCUT2D eigenvalue weighted by Gasteiger charge is -2.26. The standard InChI is InChI=1S/C18H26N4O2S/c1-5-21(4)25(23,24)20-17-7-6-8-18-16(17)12-19-22(18)15-10-9-13(2)14(3)11-15/h9-12,17,20H,5-8H2,1-4H3/t17-/m1/s1. The molecule has 0 radical (unpaired) electrons. The molecule has 1 aliphatic carbocycles. The number of hydrogen-bond acceptors (Lipinski definition) is 3. The van der Waals surface area contributed by atoms with E-state index < -0.39 is 10.2 Å². The van der Waals surface area contributed by atoms with Gasteiger partial charge in [-0.2, -0.15) is 22.5 Å². The Morgan fingerprint density at radius 2 is 2.08 bits per heavy atom. The molecule has 0 saturated heterocycles. The minimum Gasteiger partial charge on any atom is -0.237 e. The van der Waals surface area contributed by atoms with E-state index in [4.69, 9.17) is 0 Å². The molecule has 0 aliphatic heterocycles. The van der Waals surface area contributed by atoms with Gasteiger partial charge in [0.05, 0.1) is 17.9 Å². The van der Waals surface area contributed by atoms with Crippen LogP contribution < -0.4 is 4.72 Å². The van der Waals surface area contributed by atoms with E-state index in [1.807, 2.05) is 17.8 Å². The number of hydrogen-bond donors (Lipinski definition) is 1. The van der Waals surface area contributed by atoms with E-state index in [9.17, 15) is 8.42 Å². The van der Waals surface area contributed by atoms with Gasteiger partial charge in [-0.25, -0.2) is 4.68 Å². The summed E-state index contributed by atoms with van der Waals surface area (Å²) in [7, 11) is -1.89. The second kappa shape index (κ2) is 6.90. The molecule has 0 spiro atoms. The Hall–Kier alpha value is -1.70. The molecule has 0 fully saturated rings. The summed E-state index contributed by atoms with van der Waals surface area (Å²) in [6, 6.07) is 6.07. The van der Waals surface area contributed by atoms with Crippen LogP contribution in [0, 0.1) is 13.8 Å². The quantitative estimate of drug-likeness (QED) is 0.889. The van der Waals surface area contributed by atoms with Crippen molar-refractivity contribution in [2.24, 2.45) is 0 Å². The number of nitrogens with zero attached hydrogens (tertiary/aromatic N) is 3. The number of nitrogens with one attached hydrogen (secondary N) is 1. The van der Waals surface area contributed by atoms with Crippen LogP contribution in [0.2, 0.25) is 0 Å². The summed E-state index contributed by atoms with van der Waals surface area (Å²) in [6.07, 6.45) is 4.45. The molecule has 1 aliphatic rings. The maximum atomic E-state index is 12.4. The zero-order valence-corrected chi connectivity index (χ0v) is 16.1. The number of fused-ring (bicyclic) bond motifs is 1. The SMILES string of the molecule is CCN(C)S(=O)(=O)N[C@@H]1CCCc2c1cnn2-c1ccc(C)c(C)c1. The van der Waals surface area contributed by atoms with Crippen molar-refractivity contribution >= 4 is 10.2 Å². The van der Waals surface area contributed by atoms with E-state index in [0.29, 0.717) is 6.54 Å². The smallest absolute Gasteiger partial charge is 0.237 e. The van der Waals surface area contributed by atoms with E-state index in [1.54, 1.807) is 7.05 Å². The summed E-state index contributed by atoms with van der Waals surface area (Å²) >= 11 is 0. The summed E-state index contributed by atoms with van der Waals surface area (Å²) < 4.78 is 30.9. The minimum atomic E-state index is -3.47. The summed E-state index contributed by atoms with van der Waals surface area (Å²) in [5.74, 6) is 0. The second-order valence-corrected chi connectivity index (χ2v) is 8.52. The molecule has 1 atom stereocenters. The van der Waals surface area contributed by atoms with E-state index in [2.05, 4.69) is 41.9 Å². The molecule has 1 N–H and O–H groups in total. The van der Waals surface area contributed by atoms with Crippen LogP contribution in [-0.4, -0.2) is 36.1 Å². The highest BCUT2D eigenvalue weighted by Gasteiger charge is 2.29. The highest BCUT2D eigenvalue weighted by Crippen LogP contribution is 2.32. The molecule has 0 bridgehead atoms. The van der Waals surface area contributed by atoms with Crippen LogP contribution in [0.15, 0.2) is 24.4 Å². The van der Waals surface area contributed by atoms with Crippen molar-refractivity contribution in [3.05, 3.63) is 46.8 Å². The molecule has 136 valence electrons. The fourth-order valence-corrected chi connectivity index (χ4v) is 4.32. The first kappa shape index (κ1) is 18.1. The third-order valence-electron chi connectivity index (χ3n) is 5.06. The molecular weight excluding hydrogens is 336 g/mol. The third kappa shape index (κ3) is 3.49. The van der Waals surface area contributed by atoms with Gasteiger partial charge in [0.1, 0.15) is 0 Å². The fraction of sp³-hybridized carbons (Fsp3) is 0.500. The van der Waals surface area contributed by atoms with Gasteiger partial charge >= 0.3 is 0 Å². The molecule has 3 rings (SSSR count). The predicted molar refractivity (Wildman–Crippen MR) is 99.1 cm³/mol. The van der Waals surface area contributed by atoms with Gasteiger partial charge < -0.3 is 0 Å². The maximum Gasteiger partial charge on any atom is 0.279 e. The topological polar surface area (TPSA) is 67.2 Å². The first-order chi connectivity index (χ1) is 11.8. The van der Waals surface area contributed by atoms with Crippen molar-refractivity contribution in [1.29, 1.82) is 0 Å². The number of rotatable bonds is 5. The fourth-order valence-electron chi connectivity index (χ4n) is 3.20. The van der Waals surface area contributed by atoms with Gasteiger partial charge in [0.2, 0.25) is 0 Å². The molecule has 0 unspecified atom stereocenters. The Balaban J connectivity index is 1.94. The van der Waals surface area contributed by atoms with Gasteiger partial charge in [-0.05, 0) is 56.4 Å². The second-order valence-electron chi connectivity index (χ2n) is 6.71. The van der Waals surface area contributed by atoms with Gasteiger partial charge in [-0.1, -0.05) is 13.0 Å². The van der Waals surface area contributed by atoms with Gasteiger partial charge in [0.25, 0.3) is 10.2 Å². The van der Waals surface area contributed by atoms with Crippen LogP contribution in [0.5, 0.6) is 0 Å². The lowest BCUT2D eigenvalue weighted by Crippen LogP contribution is -2.40. The predicted octanol–water partition coefficient (Wildman–Crippen LogP) is 2.65. The molecule has 6 nitrogen and oxygen atoms in total. The van der Waals surface area contributed by atoms with Crippen molar-refractivity contribution in [1.82, 2.24) is 18.8 Å². The van der Waals surface area contributed by atoms with Crippen LogP contribution in [0.3, 0.4) is 0 Å². The number of aromatic nitrogens is 2. The summed E-state index contributed by atoms with van der Waals surface area (Å²) in [6.45, 7) is 6.44. The molecule has 2 aromatic rings. The molecule has 1 heterocycles. The first-order valence-electron chi connectivity index (χ1n) is 8.71. The number of benzene rings is 1. The van der Waals surface area contributed by atoms with Crippen molar-refractivity contribution < 1.29 is 8.42 Å². The lowest BCUT2D eigenvalue weighted by atomic mass is 9.93. The maximum absolute atomic E-state index is 12.4. The average molecular weight is 362 g/mol. The van der Waals surface area contributed by atoms with Crippen LogP contribution in [0.1, 0.15) is 48.2 Å². The Morgan fingerprint density at radius 1 is 1.32 bits per heavy atom. The van der Waals surface area contributed by atoms with Gasteiger partial charge in [0.15, 0.2) is 0 Å². The highest BCUT2D eigenvalue weighted by molar-refractivity contribution is 7.87. The molecular formula is C18H26N4O2S. The summed E-state index contributed by atoms with van der Waals surface area (Å²) in [5, 5.41) is 4.55. The van der Waals surface area contributed by atoms with Crippen LogP contribution in [-0.2, 0) is 16.6 Å². The molecule has 1 aromatic carbocycles. The number of aryl methyl sites for hydroxylation is 2. The van der Waals surface area contributed by atoms with Crippen LogP contribution in [0.25, 0.3) is 5.69 Å². The van der Waals surface area contributed by atoms with Crippen molar-refractivity contribution in [2.75, 3.05) is 13.6 Å². The third-order valence-corrected chi connectivity index (χ3v) is 6.73. The van der Waals surface area contributed by atoms with Crippen molar-refractivity contribution in [2.45, 2.75) is 46.1 Å². The lowest BCUT2D eigenvalue weighted by molar-refractivity contribution is 0.444. The monoisotopic (exact) mass is 362 g/mol. The normalized spacial score (nSPS) is 17.7. The van der Waals surface area contributed by atoms with Crippen molar-refractivity contribution in [3.63, 3.8) is 0 Å². The first-order valence-corrected chi connectivity index (χ1v) is 10.2. The zero-order chi connectivity index (χ0) is 18.2. The Morgan fingerprint density at radius 3 is 2.76 bits per heavy atom. The summed E-state index contributed by atoms with van der Waals surface area (Å²) in [4.78, 5) is 0. The van der Waals surface area contributed by atoms with Gasteiger partial charge in [-0.15, -0.1) is 0 Å². The molecule has 0 amide bonds. The van der Waals surface area contributed by atoms with E-state index >= 15 is 0 Å². The van der Waals surface area contributed by atoms with Crippen molar-refractivity contribution in [3.8, 4) is 5.69 Å². The van der Waals surface area contributed by atoms with Crippen LogP contribution >= 0.6 is 0 Å². The van der Waals surface area contributed by atoms with Gasteiger partial charge in [-0.3, -0.25) is 0 Å². The molecule has 25 heavy (non-hydrogen) atoms. The van der Waals surface area contributed by atoms with E-state index in [1.165, 1.54) is 15.4 Å². The largest absolute Gasteiger partial charge is 0.279 e. The van der Waals surface area contributed by atoms with Gasteiger partial charge in [0, 0.05) is 24.8 Å². The Labute approximate surface area is 150 Å². The molecule has 0 saturated carbocycles. The molecule has 1 aromatic heterocycles. The Kier molecular flexibility index (Phi) is 4.99.